The number of amides is 1. The Hall–Kier alpha value is -1.62. The van der Waals surface area contributed by atoms with E-state index in [1.165, 1.54) is 0 Å². The molecule has 0 aliphatic heterocycles. The summed E-state index contributed by atoms with van der Waals surface area (Å²) in [7, 11) is 0. The van der Waals surface area contributed by atoms with Crippen molar-refractivity contribution in [3.05, 3.63) is 30.0 Å². The molecule has 1 aromatic carbocycles. The Morgan fingerprint density at radius 1 is 1.47 bits per heavy atom. The van der Waals surface area contributed by atoms with Gasteiger partial charge in [-0.3, -0.25) is 4.79 Å². The van der Waals surface area contributed by atoms with Gasteiger partial charge in [0.25, 0.3) is 5.91 Å². The van der Waals surface area contributed by atoms with Crippen LogP contribution in [0.4, 0.5) is 5.69 Å². The number of hydrogen-bond acceptors (Lipinski definition) is 4. The molecular formula is C14H18N2O2S. The Labute approximate surface area is 116 Å². The molecule has 102 valence electrons. The largest absolute Gasteiger partial charge is 0.451 e. The summed E-state index contributed by atoms with van der Waals surface area (Å²) in [5, 5.41) is 3.73. The third-order valence-corrected chi connectivity index (χ3v) is 3.73. The third kappa shape index (κ3) is 3.44. The molecule has 0 aliphatic carbocycles. The summed E-state index contributed by atoms with van der Waals surface area (Å²) in [6.45, 7) is 2.76. The van der Waals surface area contributed by atoms with Gasteiger partial charge in [0, 0.05) is 17.6 Å². The van der Waals surface area contributed by atoms with Gasteiger partial charge in [-0.15, -0.1) is 0 Å². The summed E-state index contributed by atoms with van der Waals surface area (Å²) in [5.41, 5.74) is 7.03. The number of hydrogen-bond donors (Lipinski definition) is 2. The van der Waals surface area contributed by atoms with E-state index in [0.29, 0.717) is 29.5 Å². The number of carbonyl (C=O) groups is 1. The quantitative estimate of drug-likeness (QED) is 0.825. The second kappa shape index (κ2) is 6.02. The molecule has 0 aliphatic rings. The van der Waals surface area contributed by atoms with Crippen LogP contribution in [0, 0.1) is 5.92 Å². The summed E-state index contributed by atoms with van der Waals surface area (Å²) in [4.78, 5) is 12.0. The zero-order valence-electron chi connectivity index (χ0n) is 11.1. The SMILES string of the molecule is CSCC(C)CNC(=O)c1cc2cc(N)ccc2o1. The Morgan fingerprint density at radius 2 is 2.26 bits per heavy atom. The highest BCUT2D eigenvalue weighted by atomic mass is 32.2. The molecule has 3 N–H and O–H groups in total. The molecule has 2 rings (SSSR count). The van der Waals surface area contributed by atoms with Crippen LogP contribution < -0.4 is 11.1 Å². The van der Waals surface area contributed by atoms with Crippen molar-refractivity contribution >= 4 is 34.3 Å². The van der Waals surface area contributed by atoms with Crippen molar-refractivity contribution in [3.63, 3.8) is 0 Å². The topological polar surface area (TPSA) is 68.3 Å². The zero-order chi connectivity index (χ0) is 13.8. The number of nitrogens with one attached hydrogen (secondary N) is 1. The molecular weight excluding hydrogens is 260 g/mol. The van der Waals surface area contributed by atoms with Gasteiger partial charge in [-0.1, -0.05) is 6.92 Å². The van der Waals surface area contributed by atoms with E-state index in [1.54, 1.807) is 36.0 Å². The minimum atomic E-state index is -0.178. The van der Waals surface area contributed by atoms with Crippen LogP contribution in [0.2, 0.25) is 0 Å². The van der Waals surface area contributed by atoms with E-state index in [9.17, 15) is 4.79 Å². The molecule has 0 spiro atoms. The van der Waals surface area contributed by atoms with Crippen molar-refractivity contribution in [1.29, 1.82) is 0 Å². The van der Waals surface area contributed by atoms with E-state index in [1.807, 2.05) is 0 Å². The second-order valence-corrected chi connectivity index (χ2v) is 5.59. The molecule has 1 aromatic heterocycles. The minimum Gasteiger partial charge on any atom is -0.451 e. The fourth-order valence-electron chi connectivity index (χ4n) is 1.87. The van der Waals surface area contributed by atoms with Gasteiger partial charge in [0.05, 0.1) is 0 Å². The summed E-state index contributed by atoms with van der Waals surface area (Å²) < 4.78 is 5.50. The molecule has 2 aromatic rings. The number of nitrogens with two attached hydrogens (primary N) is 1. The molecule has 0 bridgehead atoms. The first-order valence-corrected chi connectivity index (χ1v) is 7.55. The molecule has 4 nitrogen and oxygen atoms in total. The summed E-state index contributed by atoms with van der Waals surface area (Å²) in [5.74, 6) is 1.62. The van der Waals surface area contributed by atoms with E-state index in [2.05, 4.69) is 18.5 Å². The van der Waals surface area contributed by atoms with E-state index in [0.717, 1.165) is 11.1 Å². The van der Waals surface area contributed by atoms with Crippen LogP contribution in [0.25, 0.3) is 11.0 Å². The van der Waals surface area contributed by atoms with Crippen LogP contribution in [0.3, 0.4) is 0 Å². The van der Waals surface area contributed by atoms with Crippen molar-refractivity contribution in [2.45, 2.75) is 6.92 Å². The highest BCUT2D eigenvalue weighted by molar-refractivity contribution is 7.98. The van der Waals surface area contributed by atoms with E-state index < -0.39 is 0 Å². The Balaban J connectivity index is 2.05. The van der Waals surface area contributed by atoms with Gasteiger partial charge >= 0.3 is 0 Å². The molecule has 1 heterocycles. The zero-order valence-corrected chi connectivity index (χ0v) is 11.9. The Kier molecular flexibility index (Phi) is 4.37. The lowest BCUT2D eigenvalue weighted by atomic mass is 10.2. The van der Waals surface area contributed by atoms with E-state index in [4.69, 9.17) is 10.2 Å². The van der Waals surface area contributed by atoms with Gasteiger partial charge in [-0.05, 0) is 42.2 Å². The van der Waals surface area contributed by atoms with Crippen molar-refractivity contribution in [3.8, 4) is 0 Å². The lowest BCUT2D eigenvalue weighted by molar-refractivity contribution is 0.0923. The lowest BCUT2D eigenvalue weighted by Crippen LogP contribution is -2.28. The minimum absolute atomic E-state index is 0.178. The van der Waals surface area contributed by atoms with Crippen LogP contribution in [-0.4, -0.2) is 24.5 Å². The number of carbonyl (C=O) groups excluding carboxylic acids is 1. The van der Waals surface area contributed by atoms with Crippen LogP contribution in [0.5, 0.6) is 0 Å². The van der Waals surface area contributed by atoms with Crippen LogP contribution in [0.15, 0.2) is 28.7 Å². The molecule has 1 amide bonds. The maximum atomic E-state index is 12.0. The fourth-order valence-corrected chi connectivity index (χ4v) is 2.56. The smallest absolute Gasteiger partial charge is 0.287 e. The van der Waals surface area contributed by atoms with Crippen LogP contribution in [0.1, 0.15) is 17.5 Å². The van der Waals surface area contributed by atoms with Gasteiger partial charge in [0.15, 0.2) is 5.76 Å². The standard InChI is InChI=1S/C14H18N2O2S/c1-9(8-19-2)7-16-14(17)13-6-10-5-11(15)3-4-12(10)18-13/h3-6,9H,7-8,15H2,1-2H3,(H,16,17). The summed E-state index contributed by atoms with van der Waals surface area (Å²) in [6, 6.07) is 7.05. The van der Waals surface area contributed by atoms with Crippen LogP contribution in [-0.2, 0) is 0 Å². The second-order valence-electron chi connectivity index (χ2n) is 4.68. The highest BCUT2D eigenvalue weighted by Crippen LogP contribution is 2.21. The Bertz CT molecular complexity index is 580. The number of anilines is 1. The predicted octanol–water partition coefficient (Wildman–Crippen LogP) is 2.74. The molecule has 19 heavy (non-hydrogen) atoms. The van der Waals surface area contributed by atoms with Crippen molar-refractivity contribution in [2.24, 2.45) is 5.92 Å². The predicted molar refractivity (Wildman–Crippen MR) is 80.5 cm³/mol. The average Bonchev–Trinajstić information content (AvgIpc) is 2.79. The van der Waals surface area contributed by atoms with Crippen molar-refractivity contribution < 1.29 is 9.21 Å². The number of rotatable bonds is 5. The maximum Gasteiger partial charge on any atom is 0.287 e. The van der Waals surface area contributed by atoms with Gasteiger partial charge < -0.3 is 15.5 Å². The first-order valence-electron chi connectivity index (χ1n) is 6.16. The molecule has 0 saturated heterocycles. The summed E-state index contributed by atoms with van der Waals surface area (Å²) in [6.07, 6.45) is 2.06. The third-order valence-electron chi connectivity index (χ3n) is 2.83. The molecule has 1 unspecified atom stereocenters. The first-order chi connectivity index (χ1) is 9.10. The van der Waals surface area contributed by atoms with E-state index >= 15 is 0 Å². The van der Waals surface area contributed by atoms with Gasteiger partial charge in [0.1, 0.15) is 5.58 Å². The number of nitrogen functional groups attached to an aromatic ring is 1. The van der Waals surface area contributed by atoms with Gasteiger partial charge in [0.2, 0.25) is 0 Å². The monoisotopic (exact) mass is 278 g/mol. The van der Waals surface area contributed by atoms with E-state index in [-0.39, 0.29) is 5.91 Å². The molecule has 1 atom stereocenters. The highest BCUT2D eigenvalue weighted by Gasteiger charge is 2.13. The van der Waals surface area contributed by atoms with Gasteiger partial charge in [-0.25, -0.2) is 0 Å². The molecule has 5 heteroatoms. The van der Waals surface area contributed by atoms with Gasteiger partial charge in [-0.2, -0.15) is 11.8 Å². The molecule has 0 fully saturated rings. The fraction of sp³-hybridized carbons (Fsp3) is 0.357. The maximum absolute atomic E-state index is 12.0. The number of thioether (sulfide) groups is 1. The molecule has 0 radical (unpaired) electrons. The van der Waals surface area contributed by atoms with Crippen molar-refractivity contribution in [2.75, 3.05) is 24.3 Å². The average molecular weight is 278 g/mol. The Morgan fingerprint density at radius 3 is 3.00 bits per heavy atom. The summed E-state index contributed by atoms with van der Waals surface area (Å²) >= 11 is 1.77. The lowest BCUT2D eigenvalue weighted by Gasteiger charge is -2.09. The normalized spacial score (nSPS) is 12.5. The van der Waals surface area contributed by atoms with Crippen molar-refractivity contribution in [1.82, 2.24) is 5.32 Å². The molecule has 0 saturated carbocycles. The van der Waals surface area contributed by atoms with Crippen LogP contribution >= 0.6 is 11.8 Å². The number of benzene rings is 1. The number of furan rings is 1. The first kappa shape index (κ1) is 13.8. The number of fused-ring (bicyclic) bond motifs is 1.